The molecule has 3 aromatic rings. The van der Waals surface area contributed by atoms with E-state index in [0.717, 1.165) is 48.4 Å². The number of hydrogen-bond acceptors (Lipinski definition) is 8. The number of rotatable bonds is 9. The number of halogens is 1. The van der Waals surface area contributed by atoms with E-state index in [1.807, 2.05) is 11.0 Å². The summed E-state index contributed by atoms with van der Waals surface area (Å²) in [4.78, 5) is 31.2. The van der Waals surface area contributed by atoms with Crippen LogP contribution in [0.2, 0.25) is 0 Å². The Morgan fingerprint density at radius 1 is 1.19 bits per heavy atom. The van der Waals surface area contributed by atoms with Gasteiger partial charge in [-0.15, -0.1) is 0 Å². The van der Waals surface area contributed by atoms with Crippen LogP contribution in [0.25, 0.3) is 10.2 Å². The highest BCUT2D eigenvalue weighted by molar-refractivity contribution is 7.16. The average molecular weight is 615 g/mol. The van der Waals surface area contributed by atoms with Gasteiger partial charge in [-0.05, 0) is 60.5 Å². The summed E-state index contributed by atoms with van der Waals surface area (Å²) in [5, 5.41) is 23.9. The number of thiazole rings is 1. The number of amides is 1. The number of aromatic hydroxyl groups is 1. The second-order valence-corrected chi connectivity index (χ2v) is 14.2. The van der Waals surface area contributed by atoms with E-state index in [-0.39, 0.29) is 39.9 Å². The van der Waals surface area contributed by atoms with Gasteiger partial charge in [-0.25, -0.2) is 4.39 Å². The van der Waals surface area contributed by atoms with E-state index in [1.54, 1.807) is 18.2 Å². The molecule has 2 aliphatic heterocycles. The van der Waals surface area contributed by atoms with E-state index in [2.05, 4.69) is 36.0 Å². The highest BCUT2D eigenvalue weighted by Gasteiger charge is 2.41. The number of aromatic amines is 1. The lowest BCUT2D eigenvalue weighted by atomic mass is 9.87. The number of H-pyrrole nitrogens is 1. The van der Waals surface area contributed by atoms with Crippen molar-refractivity contribution in [3.05, 3.63) is 62.5 Å². The summed E-state index contributed by atoms with van der Waals surface area (Å²) >= 11 is 0.957. The monoisotopic (exact) mass is 614 g/mol. The lowest BCUT2D eigenvalue weighted by Gasteiger charge is -2.47. The fourth-order valence-electron chi connectivity index (χ4n) is 6.14. The van der Waals surface area contributed by atoms with Gasteiger partial charge in [-0.2, -0.15) is 0 Å². The number of aromatic nitrogens is 1. The zero-order valence-electron chi connectivity index (χ0n) is 25.2. The molecule has 2 aliphatic rings. The molecule has 0 radical (unpaired) electrons. The molecule has 0 saturated carbocycles. The molecule has 1 amide bonds. The van der Waals surface area contributed by atoms with Gasteiger partial charge >= 0.3 is 4.87 Å². The highest BCUT2D eigenvalue weighted by atomic mass is 32.1. The summed E-state index contributed by atoms with van der Waals surface area (Å²) < 4.78 is 21.4. The predicted octanol–water partition coefficient (Wildman–Crippen LogP) is 3.93. The summed E-state index contributed by atoms with van der Waals surface area (Å²) in [6.45, 7) is 11.2. The largest absolute Gasteiger partial charge is 0.506 e. The molecule has 0 aliphatic carbocycles. The minimum absolute atomic E-state index is 0.0275. The molecular formula is C32H43FN4O5S. The van der Waals surface area contributed by atoms with Crippen LogP contribution in [-0.2, 0) is 22.5 Å². The Labute approximate surface area is 255 Å². The number of fused-ring (bicyclic) bond motifs is 1. The van der Waals surface area contributed by atoms with Gasteiger partial charge in [0.05, 0.1) is 23.0 Å². The Balaban J connectivity index is 1.10. The van der Waals surface area contributed by atoms with E-state index in [0.29, 0.717) is 61.4 Å². The van der Waals surface area contributed by atoms with Crippen molar-refractivity contribution in [1.29, 1.82) is 0 Å². The fourth-order valence-corrected chi connectivity index (χ4v) is 7.06. The van der Waals surface area contributed by atoms with E-state index in [1.165, 1.54) is 6.07 Å². The third-order valence-corrected chi connectivity index (χ3v) is 9.28. The molecule has 2 fully saturated rings. The maximum absolute atomic E-state index is 14.6. The predicted molar refractivity (Wildman–Crippen MR) is 166 cm³/mol. The van der Waals surface area contributed by atoms with Crippen molar-refractivity contribution in [3.63, 3.8) is 0 Å². The molecule has 1 aromatic heterocycles. The van der Waals surface area contributed by atoms with Crippen LogP contribution >= 0.6 is 11.3 Å². The number of morpholine rings is 1. The molecule has 2 saturated heterocycles. The first-order chi connectivity index (χ1) is 20.4. The van der Waals surface area contributed by atoms with Crippen molar-refractivity contribution in [2.45, 2.75) is 64.7 Å². The van der Waals surface area contributed by atoms with Crippen LogP contribution in [0.5, 0.6) is 5.75 Å². The van der Waals surface area contributed by atoms with Crippen molar-refractivity contribution < 1.29 is 24.1 Å². The Hall–Kier alpha value is -2.83. The first kappa shape index (κ1) is 31.6. The number of phenols is 1. The number of aliphatic hydroxyl groups is 1. The number of ether oxygens (including phenoxy) is 1. The quantitative estimate of drug-likeness (QED) is 0.270. The van der Waals surface area contributed by atoms with Crippen LogP contribution in [0.15, 0.2) is 35.1 Å². The number of likely N-dealkylation sites (tertiary alicyclic amines) is 1. The van der Waals surface area contributed by atoms with Gasteiger partial charge in [-0.1, -0.05) is 44.2 Å². The SMILES string of the molecule is CC(C)(C)CC(=O)N1CCOC2(CCN(Cc3cc(F)cc(CCNCC(O)c4ccc(O)c5[nH]c(=O)sc45)c3)CC2)C1. The third kappa shape index (κ3) is 8.02. The molecule has 43 heavy (non-hydrogen) atoms. The number of hydrogen-bond donors (Lipinski definition) is 4. The second kappa shape index (κ2) is 13.0. The van der Waals surface area contributed by atoms with E-state index < -0.39 is 6.10 Å². The maximum atomic E-state index is 14.6. The summed E-state index contributed by atoms with van der Waals surface area (Å²) in [7, 11) is 0. The zero-order chi connectivity index (χ0) is 30.8. The molecule has 9 nitrogen and oxygen atoms in total. The van der Waals surface area contributed by atoms with Crippen molar-refractivity contribution in [1.82, 2.24) is 20.1 Å². The van der Waals surface area contributed by atoms with Gasteiger partial charge in [0.15, 0.2) is 0 Å². The van der Waals surface area contributed by atoms with Gasteiger partial charge < -0.3 is 30.2 Å². The number of piperidine rings is 1. The van der Waals surface area contributed by atoms with Crippen LogP contribution in [0.1, 0.15) is 62.8 Å². The van der Waals surface area contributed by atoms with Crippen molar-refractivity contribution in [2.75, 3.05) is 45.9 Å². The van der Waals surface area contributed by atoms with Gasteiger partial charge in [-0.3, -0.25) is 14.5 Å². The van der Waals surface area contributed by atoms with Gasteiger partial charge in [0.25, 0.3) is 0 Å². The molecule has 1 spiro atoms. The number of carbonyl (C=O) groups is 1. The van der Waals surface area contributed by atoms with Crippen molar-refractivity contribution in [3.8, 4) is 5.75 Å². The first-order valence-corrected chi connectivity index (χ1v) is 15.9. The maximum Gasteiger partial charge on any atom is 0.305 e. The average Bonchev–Trinajstić information content (AvgIpc) is 3.34. The number of nitrogens with zero attached hydrogens (tertiary/aromatic N) is 2. The molecule has 4 N–H and O–H groups in total. The Morgan fingerprint density at radius 2 is 1.93 bits per heavy atom. The van der Waals surface area contributed by atoms with E-state index >= 15 is 0 Å². The first-order valence-electron chi connectivity index (χ1n) is 15.1. The second-order valence-electron chi connectivity index (χ2n) is 13.2. The zero-order valence-corrected chi connectivity index (χ0v) is 26.1. The summed E-state index contributed by atoms with van der Waals surface area (Å²) in [5.74, 6) is -0.0932. The number of nitrogens with one attached hydrogen (secondary N) is 2. The van der Waals surface area contributed by atoms with Crippen LogP contribution < -0.4 is 10.2 Å². The lowest BCUT2D eigenvalue weighted by Crippen LogP contribution is -2.58. The van der Waals surface area contributed by atoms with Crippen LogP contribution in [-0.4, -0.2) is 82.4 Å². The number of benzene rings is 2. The standard InChI is InChI=1S/C32H43FN4O5S/c1-31(2,3)17-27(40)37-12-13-42-32(20-37)7-10-36(11-8-32)19-22-14-21(15-23(33)16-22)6-9-34-18-26(39)24-4-5-25(38)28-29(24)43-30(41)35-28/h4-5,14-16,26,34,38-39H,6-13,17-20H2,1-3H3,(H,35,41). The van der Waals surface area contributed by atoms with Crippen LogP contribution in [0.4, 0.5) is 4.39 Å². The lowest BCUT2D eigenvalue weighted by molar-refractivity contribution is -0.161. The summed E-state index contributed by atoms with van der Waals surface area (Å²) in [6, 6.07) is 8.26. The molecule has 5 rings (SSSR count). The summed E-state index contributed by atoms with van der Waals surface area (Å²) in [5.41, 5.74) is 2.37. The Bertz CT molecular complexity index is 1490. The van der Waals surface area contributed by atoms with Gasteiger partial charge in [0.2, 0.25) is 5.91 Å². The number of aliphatic hydroxyl groups excluding tert-OH is 1. The highest BCUT2D eigenvalue weighted by Crippen LogP contribution is 2.33. The molecule has 1 atom stereocenters. The normalized spacial score (nSPS) is 18.4. The third-order valence-electron chi connectivity index (χ3n) is 8.35. The smallest absolute Gasteiger partial charge is 0.305 e. The Kier molecular flexibility index (Phi) is 9.58. The molecule has 2 aromatic carbocycles. The molecule has 0 bridgehead atoms. The molecule has 1 unspecified atom stereocenters. The van der Waals surface area contributed by atoms with E-state index in [4.69, 9.17) is 4.74 Å². The summed E-state index contributed by atoms with van der Waals surface area (Å²) in [6.07, 6.45) is 1.94. The number of carbonyl (C=O) groups excluding carboxylic acids is 1. The number of phenolic OH excluding ortho intramolecular Hbond substituents is 1. The van der Waals surface area contributed by atoms with Gasteiger partial charge in [0.1, 0.15) is 17.1 Å². The fraction of sp³-hybridized carbons (Fsp3) is 0.562. The Morgan fingerprint density at radius 3 is 2.67 bits per heavy atom. The molecule has 234 valence electrons. The molecule has 11 heteroatoms. The van der Waals surface area contributed by atoms with Crippen LogP contribution in [0.3, 0.4) is 0 Å². The van der Waals surface area contributed by atoms with Crippen LogP contribution in [0, 0.1) is 11.2 Å². The topological polar surface area (TPSA) is 118 Å². The molecule has 3 heterocycles. The van der Waals surface area contributed by atoms with Gasteiger partial charge in [0, 0.05) is 51.3 Å². The van der Waals surface area contributed by atoms with E-state index in [9.17, 15) is 24.2 Å². The molecular weight excluding hydrogens is 571 g/mol. The van der Waals surface area contributed by atoms with Crippen molar-refractivity contribution >= 4 is 27.5 Å². The van der Waals surface area contributed by atoms with Crippen molar-refractivity contribution in [2.24, 2.45) is 5.41 Å². The minimum Gasteiger partial charge on any atom is -0.506 e. The minimum atomic E-state index is -0.864.